The van der Waals surface area contributed by atoms with Crippen molar-refractivity contribution in [2.75, 3.05) is 0 Å². The Balaban J connectivity index is 1.84. The summed E-state index contributed by atoms with van der Waals surface area (Å²) >= 11 is 0. The zero-order valence-corrected chi connectivity index (χ0v) is 13.9. The predicted octanol–water partition coefficient (Wildman–Crippen LogP) is 5.21. The Bertz CT molecular complexity index is 914. The Morgan fingerprint density at radius 3 is 2.40 bits per heavy atom. The Morgan fingerprint density at radius 2 is 1.64 bits per heavy atom. The van der Waals surface area contributed by atoms with Crippen molar-refractivity contribution >= 4 is 11.4 Å². The van der Waals surface area contributed by atoms with Gasteiger partial charge in [0, 0.05) is 11.8 Å². The van der Waals surface area contributed by atoms with Gasteiger partial charge in [0.05, 0.1) is 5.57 Å². The summed E-state index contributed by atoms with van der Waals surface area (Å²) in [5, 5.41) is 10.6. The van der Waals surface area contributed by atoms with Crippen molar-refractivity contribution in [2.24, 2.45) is 11.8 Å². The van der Waals surface area contributed by atoms with E-state index in [4.69, 9.17) is 0 Å². The third kappa shape index (κ3) is 2.56. The number of Topliss-reactive ketones (excluding diaryl/α,β-unsaturated/α-hetero) is 1. The van der Waals surface area contributed by atoms with Crippen molar-refractivity contribution in [3.05, 3.63) is 64.9 Å². The van der Waals surface area contributed by atoms with Crippen molar-refractivity contribution in [1.82, 2.24) is 0 Å². The summed E-state index contributed by atoms with van der Waals surface area (Å²) in [6.45, 7) is 1.88. The highest BCUT2D eigenvalue weighted by Crippen LogP contribution is 2.46. The van der Waals surface area contributed by atoms with Crippen LogP contribution in [0.4, 0.5) is 8.78 Å². The Hall–Kier alpha value is -2.49. The maximum Gasteiger partial charge on any atom is 0.169 e. The molecule has 0 amide bonds. The van der Waals surface area contributed by atoms with Crippen LogP contribution in [-0.4, -0.2) is 10.9 Å². The second-order valence-electron chi connectivity index (χ2n) is 6.99. The van der Waals surface area contributed by atoms with E-state index < -0.39 is 11.6 Å². The number of carbonyl (C=O) groups excluding carboxylic acids is 1. The number of hydrogen-bond acceptors (Lipinski definition) is 2. The van der Waals surface area contributed by atoms with E-state index in [1.54, 1.807) is 6.07 Å². The number of ketones is 1. The van der Waals surface area contributed by atoms with E-state index in [1.807, 2.05) is 19.1 Å². The minimum absolute atomic E-state index is 0.00298. The molecule has 2 nitrogen and oxygen atoms in total. The van der Waals surface area contributed by atoms with E-state index in [0.717, 1.165) is 37.0 Å². The third-order valence-electron chi connectivity index (χ3n) is 5.45. The zero-order valence-electron chi connectivity index (χ0n) is 13.9. The number of carbonyl (C=O) groups is 1. The molecule has 1 fully saturated rings. The first-order chi connectivity index (χ1) is 12.0. The van der Waals surface area contributed by atoms with Crippen molar-refractivity contribution in [2.45, 2.75) is 26.2 Å². The molecule has 4 heteroatoms. The van der Waals surface area contributed by atoms with Crippen LogP contribution < -0.4 is 0 Å². The number of benzene rings is 2. The van der Waals surface area contributed by atoms with Crippen LogP contribution in [0.3, 0.4) is 0 Å². The number of halogens is 2. The largest absolute Gasteiger partial charge is 0.511 e. The number of aliphatic hydroxyl groups excluding tert-OH is 1. The molecule has 2 aliphatic carbocycles. The summed E-state index contributed by atoms with van der Waals surface area (Å²) in [6, 6.07) is 9.18. The summed E-state index contributed by atoms with van der Waals surface area (Å²) < 4.78 is 26.7. The molecule has 4 rings (SSSR count). The fourth-order valence-corrected chi connectivity index (χ4v) is 4.02. The molecule has 0 radical (unpaired) electrons. The Labute approximate surface area is 144 Å². The van der Waals surface area contributed by atoms with Crippen LogP contribution in [0, 0.1) is 30.4 Å². The van der Waals surface area contributed by atoms with Gasteiger partial charge in [-0.1, -0.05) is 18.2 Å². The fraction of sp³-hybridized carbons (Fsp3) is 0.286. The first-order valence-corrected chi connectivity index (χ1v) is 8.49. The monoisotopic (exact) mass is 340 g/mol. The molecule has 128 valence electrons. The van der Waals surface area contributed by atoms with E-state index in [2.05, 4.69) is 0 Å². The molecule has 0 spiro atoms. The Kier molecular flexibility index (Phi) is 3.71. The maximum atomic E-state index is 13.6. The standard InChI is InChI=1S/C21H18F2O2/c1-11-2-3-12(13-6-7-17(22)18(23)10-13)9-16(11)19-20(24)14-4-5-15(8-14)21(19)25/h2-3,6-7,9-10,14-15,24H,4-5,8H2,1H3. The maximum absolute atomic E-state index is 13.6. The minimum Gasteiger partial charge on any atom is -0.511 e. The molecule has 1 saturated carbocycles. The molecule has 0 heterocycles. The highest BCUT2D eigenvalue weighted by molar-refractivity contribution is 6.23. The number of aliphatic hydroxyl groups is 1. The van der Waals surface area contributed by atoms with Crippen LogP contribution in [0.1, 0.15) is 30.4 Å². The first-order valence-electron chi connectivity index (χ1n) is 8.49. The van der Waals surface area contributed by atoms with Gasteiger partial charge < -0.3 is 5.11 Å². The van der Waals surface area contributed by atoms with Crippen molar-refractivity contribution in [3.63, 3.8) is 0 Å². The van der Waals surface area contributed by atoms with Crippen LogP contribution in [-0.2, 0) is 4.79 Å². The average molecular weight is 340 g/mol. The van der Waals surface area contributed by atoms with Crippen LogP contribution in [0.25, 0.3) is 16.7 Å². The molecule has 0 aliphatic heterocycles. The van der Waals surface area contributed by atoms with E-state index >= 15 is 0 Å². The first kappa shape index (κ1) is 16.0. The molecular weight excluding hydrogens is 322 g/mol. The molecule has 2 aromatic carbocycles. The number of hydrogen-bond donors (Lipinski definition) is 1. The molecule has 2 atom stereocenters. The highest BCUT2D eigenvalue weighted by Gasteiger charge is 2.41. The lowest BCUT2D eigenvalue weighted by Crippen LogP contribution is -2.21. The Morgan fingerprint density at radius 1 is 0.960 bits per heavy atom. The van der Waals surface area contributed by atoms with Crippen molar-refractivity contribution < 1.29 is 18.7 Å². The van der Waals surface area contributed by atoms with Crippen molar-refractivity contribution in [3.8, 4) is 11.1 Å². The molecular formula is C21H18F2O2. The molecule has 2 bridgehead atoms. The summed E-state index contributed by atoms with van der Waals surface area (Å²) in [7, 11) is 0. The average Bonchev–Trinajstić information content (AvgIpc) is 3.05. The lowest BCUT2D eigenvalue weighted by Gasteiger charge is -2.23. The van der Waals surface area contributed by atoms with Gasteiger partial charge >= 0.3 is 0 Å². The summed E-state index contributed by atoms with van der Waals surface area (Å²) in [6.07, 6.45) is 2.39. The van der Waals surface area contributed by atoms with Crippen LogP contribution >= 0.6 is 0 Å². The summed E-state index contributed by atoms with van der Waals surface area (Å²) in [5.41, 5.74) is 3.18. The number of rotatable bonds is 2. The van der Waals surface area contributed by atoms with Gasteiger partial charge in [-0.2, -0.15) is 0 Å². The molecule has 0 saturated heterocycles. The third-order valence-corrected chi connectivity index (χ3v) is 5.45. The van der Waals surface area contributed by atoms with E-state index in [0.29, 0.717) is 22.3 Å². The van der Waals surface area contributed by atoms with E-state index in [9.17, 15) is 18.7 Å². The second kappa shape index (κ2) is 5.80. The zero-order chi connectivity index (χ0) is 17.7. The summed E-state index contributed by atoms with van der Waals surface area (Å²) in [4.78, 5) is 12.8. The molecule has 25 heavy (non-hydrogen) atoms. The van der Waals surface area contributed by atoms with E-state index in [-0.39, 0.29) is 23.4 Å². The molecule has 0 aromatic heterocycles. The molecule has 2 aliphatic rings. The number of allylic oxidation sites excluding steroid dienone is 2. The van der Waals surface area contributed by atoms with Gasteiger partial charge in [-0.25, -0.2) is 8.78 Å². The van der Waals surface area contributed by atoms with Gasteiger partial charge in [0.1, 0.15) is 5.76 Å². The van der Waals surface area contributed by atoms with Gasteiger partial charge in [-0.05, 0) is 66.6 Å². The van der Waals surface area contributed by atoms with Gasteiger partial charge in [0.15, 0.2) is 17.4 Å². The van der Waals surface area contributed by atoms with Crippen LogP contribution in [0.2, 0.25) is 0 Å². The lowest BCUT2D eigenvalue weighted by atomic mass is 9.81. The second-order valence-corrected chi connectivity index (χ2v) is 6.99. The van der Waals surface area contributed by atoms with Crippen LogP contribution in [0.5, 0.6) is 0 Å². The number of aryl methyl sites for hydroxylation is 1. The quantitative estimate of drug-likeness (QED) is 0.815. The summed E-state index contributed by atoms with van der Waals surface area (Å²) in [5.74, 6) is -1.57. The minimum atomic E-state index is -0.909. The van der Waals surface area contributed by atoms with E-state index in [1.165, 1.54) is 6.07 Å². The molecule has 2 unspecified atom stereocenters. The topological polar surface area (TPSA) is 37.3 Å². The normalized spacial score (nSPS) is 22.6. The van der Waals surface area contributed by atoms with Gasteiger partial charge in [0.25, 0.3) is 0 Å². The van der Waals surface area contributed by atoms with Gasteiger partial charge in [0.2, 0.25) is 0 Å². The predicted molar refractivity (Wildman–Crippen MR) is 91.9 cm³/mol. The van der Waals surface area contributed by atoms with Crippen LogP contribution in [0.15, 0.2) is 42.2 Å². The van der Waals surface area contributed by atoms with Gasteiger partial charge in [-0.15, -0.1) is 0 Å². The number of fused-ring (bicyclic) bond motifs is 2. The SMILES string of the molecule is Cc1ccc(-c2ccc(F)c(F)c2)cc1C1=C(O)C2CCC(C2)C1=O. The molecule has 2 aromatic rings. The fourth-order valence-electron chi connectivity index (χ4n) is 4.02. The smallest absolute Gasteiger partial charge is 0.169 e. The molecule has 1 N–H and O–H groups in total. The highest BCUT2D eigenvalue weighted by atomic mass is 19.2. The van der Waals surface area contributed by atoms with Crippen molar-refractivity contribution in [1.29, 1.82) is 0 Å². The van der Waals surface area contributed by atoms with Gasteiger partial charge in [-0.3, -0.25) is 4.79 Å². The lowest BCUT2D eigenvalue weighted by molar-refractivity contribution is -0.117.